The molecule has 0 N–H and O–H groups in total. The number of hydrazone groups is 1. The van der Waals surface area contributed by atoms with Crippen molar-refractivity contribution in [2.45, 2.75) is 12.5 Å². The van der Waals surface area contributed by atoms with E-state index in [9.17, 15) is 0 Å². The lowest BCUT2D eigenvalue weighted by atomic mass is 9.98. The van der Waals surface area contributed by atoms with Gasteiger partial charge in [0.1, 0.15) is 0 Å². The largest absolute Gasteiger partial charge is 0.257 e. The number of rotatable bonds is 3. The normalized spacial score (nSPS) is 16.8. The van der Waals surface area contributed by atoms with Gasteiger partial charge in [-0.25, -0.2) is 0 Å². The summed E-state index contributed by atoms with van der Waals surface area (Å²) in [7, 11) is 0. The van der Waals surface area contributed by atoms with E-state index in [0.29, 0.717) is 10.0 Å². The summed E-state index contributed by atoms with van der Waals surface area (Å²) in [6, 6.07) is 26.2. The molecule has 0 amide bonds. The van der Waals surface area contributed by atoms with Crippen molar-refractivity contribution in [1.82, 2.24) is 0 Å². The second kappa shape index (κ2) is 6.91. The van der Waals surface area contributed by atoms with Crippen molar-refractivity contribution in [3.05, 3.63) is 100 Å². The zero-order valence-corrected chi connectivity index (χ0v) is 15.0. The van der Waals surface area contributed by atoms with Crippen LogP contribution >= 0.6 is 23.2 Å². The summed E-state index contributed by atoms with van der Waals surface area (Å²) in [4.78, 5) is 0. The van der Waals surface area contributed by atoms with E-state index in [1.165, 1.54) is 0 Å². The van der Waals surface area contributed by atoms with E-state index in [4.69, 9.17) is 28.3 Å². The predicted octanol–water partition coefficient (Wildman–Crippen LogP) is 6.35. The van der Waals surface area contributed by atoms with Gasteiger partial charge in [-0.05, 0) is 29.3 Å². The van der Waals surface area contributed by atoms with Gasteiger partial charge in [0.05, 0.1) is 27.5 Å². The van der Waals surface area contributed by atoms with Crippen molar-refractivity contribution in [3.8, 4) is 0 Å². The van der Waals surface area contributed by atoms with Gasteiger partial charge < -0.3 is 0 Å². The smallest absolute Gasteiger partial charge is 0.0846 e. The summed E-state index contributed by atoms with van der Waals surface area (Å²) in [5.41, 5.74) is 4.21. The Bertz CT molecular complexity index is 908. The van der Waals surface area contributed by atoms with Crippen LogP contribution in [0.2, 0.25) is 10.0 Å². The van der Waals surface area contributed by atoms with E-state index in [-0.39, 0.29) is 6.04 Å². The van der Waals surface area contributed by atoms with Crippen LogP contribution < -0.4 is 5.01 Å². The zero-order valence-electron chi connectivity index (χ0n) is 13.4. The molecule has 1 aliphatic heterocycles. The van der Waals surface area contributed by atoms with Gasteiger partial charge in [-0.3, -0.25) is 5.01 Å². The summed E-state index contributed by atoms with van der Waals surface area (Å²) in [5, 5.41) is 8.11. The van der Waals surface area contributed by atoms with Crippen LogP contribution in [0.5, 0.6) is 0 Å². The third-order valence-electron chi connectivity index (χ3n) is 4.38. The lowest BCUT2D eigenvalue weighted by Crippen LogP contribution is -2.18. The first-order valence-corrected chi connectivity index (χ1v) is 8.91. The molecular formula is C21H16Cl2N2. The lowest BCUT2D eigenvalue weighted by Gasteiger charge is -2.25. The number of halogens is 2. The van der Waals surface area contributed by atoms with Crippen molar-refractivity contribution < 1.29 is 0 Å². The zero-order chi connectivity index (χ0) is 17.2. The molecule has 0 radical (unpaired) electrons. The van der Waals surface area contributed by atoms with Crippen molar-refractivity contribution in [2.75, 3.05) is 5.01 Å². The minimum atomic E-state index is 0.0174. The fourth-order valence-electron chi connectivity index (χ4n) is 3.15. The molecule has 3 aromatic carbocycles. The Morgan fingerprint density at radius 2 is 1.48 bits per heavy atom. The average molecular weight is 367 g/mol. The third-order valence-corrected chi connectivity index (χ3v) is 5.21. The third kappa shape index (κ3) is 3.15. The molecule has 0 saturated carbocycles. The summed E-state index contributed by atoms with van der Waals surface area (Å²) in [6.45, 7) is 0. The monoisotopic (exact) mass is 366 g/mol. The maximum absolute atomic E-state index is 6.51. The molecule has 0 saturated heterocycles. The molecule has 124 valence electrons. The minimum absolute atomic E-state index is 0.0174. The molecule has 1 unspecified atom stereocenters. The quantitative estimate of drug-likeness (QED) is 0.527. The topological polar surface area (TPSA) is 15.6 Å². The van der Waals surface area contributed by atoms with Gasteiger partial charge in [0.25, 0.3) is 0 Å². The van der Waals surface area contributed by atoms with Crippen LogP contribution in [0.15, 0.2) is 84.0 Å². The Labute approximate surface area is 157 Å². The minimum Gasteiger partial charge on any atom is -0.257 e. The van der Waals surface area contributed by atoms with Crippen molar-refractivity contribution in [1.29, 1.82) is 0 Å². The van der Waals surface area contributed by atoms with Crippen molar-refractivity contribution in [2.24, 2.45) is 5.10 Å². The summed E-state index contributed by atoms with van der Waals surface area (Å²) < 4.78 is 0. The van der Waals surface area contributed by atoms with Gasteiger partial charge >= 0.3 is 0 Å². The Balaban J connectivity index is 1.79. The van der Waals surface area contributed by atoms with E-state index >= 15 is 0 Å². The first-order chi connectivity index (χ1) is 12.2. The molecule has 0 fully saturated rings. The number of para-hydroxylation sites is 1. The lowest BCUT2D eigenvalue weighted by molar-refractivity contribution is 0.709. The molecule has 0 aliphatic carbocycles. The van der Waals surface area contributed by atoms with Crippen LogP contribution in [0.3, 0.4) is 0 Å². The molecule has 1 aliphatic rings. The van der Waals surface area contributed by atoms with Crippen LogP contribution in [0.1, 0.15) is 23.6 Å². The molecule has 25 heavy (non-hydrogen) atoms. The van der Waals surface area contributed by atoms with Gasteiger partial charge in [-0.2, -0.15) is 5.10 Å². The van der Waals surface area contributed by atoms with Gasteiger partial charge in [-0.15, -0.1) is 0 Å². The Morgan fingerprint density at radius 1 is 0.800 bits per heavy atom. The highest BCUT2D eigenvalue weighted by Gasteiger charge is 2.31. The first-order valence-electron chi connectivity index (χ1n) is 8.15. The first kappa shape index (κ1) is 16.2. The molecule has 1 heterocycles. The van der Waals surface area contributed by atoms with Crippen LogP contribution in [0.25, 0.3) is 0 Å². The number of nitrogens with zero attached hydrogens (tertiary/aromatic N) is 2. The fourth-order valence-corrected chi connectivity index (χ4v) is 3.59. The SMILES string of the molecule is Clc1cccc(C2CC(c3ccccc3)=NN2c2ccccc2)c1Cl. The van der Waals surface area contributed by atoms with Crippen LogP contribution in [-0.2, 0) is 0 Å². The predicted molar refractivity (Wildman–Crippen MR) is 106 cm³/mol. The van der Waals surface area contributed by atoms with E-state index in [2.05, 4.69) is 24.3 Å². The maximum Gasteiger partial charge on any atom is 0.0846 e. The fraction of sp³-hybridized carbons (Fsp3) is 0.0952. The van der Waals surface area contributed by atoms with Gasteiger partial charge in [0.2, 0.25) is 0 Å². The van der Waals surface area contributed by atoms with Crippen molar-refractivity contribution in [3.63, 3.8) is 0 Å². The molecular weight excluding hydrogens is 351 g/mol. The molecule has 3 aromatic rings. The second-order valence-corrected chi connectivity index (χ2v) is 6.74. The summed E-state index contributed by atoms with van der Waals surface area (Å²) >= 11 is 12.8. The highest BCUT2D eigenvalue weighted by Crippen LogP contribution is 2.41. The number of benzene rings is 3. The van der Waals surface area contributed by atoms with E-state index in [0.717, 1.165) is 28.9 Å². The molecule has 4 heteroatoms. The molecule has 0 aromatic heterocycles. The van der Waals surface area contributed by atoms with Crippen LogP contribution in [0.4, 0.5) is 5.69 Å². The highest BCUT2D eigenvalue weighted by atomic mass is 35.5. The van der Waals surface area contributed by atoms with E-state index in [1.807, 2.05) is 59.6 Å². The standard InChI is InChI=1S/C21H16Cl2N2/c22-18-13-7-12-17(21(18)23)20-14-19(15-8-3-1-4-9-15)24-25(20)16-10-5-2-6-11-16/h1-13,20H,14H2. The van der Waals surface area contributed by atoms with Gasteiger partial charge in [0.15, 0.2) is 0 Å². The van der Waals surface area contributed by atoms with Crippen LogP contribution in [-0.4, -0.2) is 5.71 Å². The number of anilines is 1. The van der Waals surface area contributed by atoms with Crippen molar-refractivity contribution >= 4 is 34.6 Å². The second-order valence-electron chi connectivity index (χ2n) is 5.96. The molecule has 0 bridgehead atoms. The molecule has 1 atom stereocenters. The van der Waals surface area contributed by atoms with Gasteiger partial charge in [0, 0.05) is 6.42 Å². The molecule has 2 nitrogen and oxygen atoms in total. The summed E-state index contributed by atoms with van der Waals surface area (Å²) in [6.07, 6.45) is 0.777. The Morgan fingerprint density at radius 3 is 2.20 bits per heavy atom. The highest BCUT2D eigenvalue weighted by molar-refractivity contribution is 6.42. The molecule has 0 spiro atoms. The Hall–Kier alpha value is -2.29. The van der Waals surface area contributed by atoms with Crippen LogP contribution in [0, 0.1) is 0 Å². The summed E-state index contributed by atoms with van der Waals surface area (Å²) in [5.74, 6) is 0. The maximum atomic E-state index is 6.51. The van der Waals surface area contributed by atoms with E-state index in [1.54, 1.807) is 0 Å². The van der Waals surface area contributed by atoms with Gasteiger partial charge in [-0.1, -0.05) is 83.9 Å². The molecule has 4 rings (SSSR count). The average Bonchev–Trinajstić information content (AvgIpc) is 3.11. The Kier molecular flexibility index (Phi) is 4.48. The number of hydrogen-bond donors (Lipinski definition) is 0. The number of hydrogen-bond acceptors (Lipinski definition) is 2. The van der Waals surface area contributed by atoms with E-state index < -0.39 is 0 Å².